The molecule has 0 bridgehead atoms. The van der Waals surface area contributed by atoms with Crippen LogP contribution in [-0.4, -0.2) is 53.8 Å². The molecule has 0 radical (unpaired) electrons. The molecule has 2 aliphatic rings. The minimum atomic E-state index is -0.0613. The fourth-order valence-corrected chi connectivity index (χ4v) is 3.53. The average Bonchev–Trinajstić information content (AvgIpc) is 3.01. The van der Waals surface area contributed by atoms with Gasteiger partial charge in [-0.1, -0.05) is 30.3 Å². The van der Waals surface area contributed by atoms with Crippen LogP contribution in [0.4, 0.5) is 0 Å². The zero-order valence-electron chi connectivity index (χ0n) is 13.5. The van der Waals surface area contributed by atoms with Crippen molar-refractivity contribution < 1.29 is 9.59 Å². The molecule has 3 rings (SSSR count). The van der Waals surface area contributed by atoms with Crippen molar-refractivity contribution >= 4 is 11.8 Å². The molecule has 2 fully saturated rings. The Morgan fingerprint density at radius 3 is 2.52 bits per heavy atom. The second-order valence-electron chi connectivity index (χ2n) is 6.67. The summed E-state index contributed by atoms with van der Waals surface area (Å²) in [6, 6.07) is 9.89. The topological polar surface area (TPSA) is 66.6 Å². The van der Waals surface area contributed by atoms with Crippen molar-refractivity contribution in [3.05, 3.63) is 35.9 Å². The molecular formula is C18H25N3O2. The van der Waals surface area contributed by atoms with Crippen LogP contribution in [0.15, 0.2) is 30.3 Å². The van der Waals surface area contributed by atoms with Crippen molar-refractivity contribution in [2.45, 2.75) is 31.7 Å². The predicted molar refractivity (Wildman–Crippen MR) is 88.6 cm³/mol. The Morgan fingerprint density at radius 1 is 1.04 bits per heavy atom. The van der Waals surface area contributed by atoms with Crippen LogP contribution < -0.4 is 5.73 Å². The number of likely N-dealkylation sites (tertiary alicyclic amines) is 2. The van der Waals surface area contributed by atoms with Crippen molar-refractivity contribution in [2.24, 2.45) is 11.7 Å². The number of hydrogen-bond donors (Lipinski definition) is 1. The van der Waals surface area contributed by atoms with E-state index in [0.717, 1.165) is 37.9 Å². The summed E-state index contributed by atoms with van der Waals surface area (Å²) < 4.78 is 0. The van der Waals surface area contributed by atoms with E-state index >= 15 is 0 Å². The van der Waals surface area contributed by atoms with Crippen LogP contribution in [0, 0.1) is 5.92 Å². The molecule has 2 atom stereocenters. The molecule has 2 heterocycles. The summed E-state index contributed by atoms with van der Waals surface area (Å²) in [7, 11) is 0. The first-order chi connectivity index (χ1) is 11.1. The third-order valence-corrected chi connectivity index (χ3v) is 4.86. The van der Waals surface area contributed by atoms with E-state index in [0.29, 0.717) is 19.5 Å². The van der Waals surface area contributed by atoms with E-state index in [1.54, 1.807) is 0 Å². The largest absolute Gasteiger partial charge is 0.342 e. The maximum absolute atomic E-state index is 12.6. The zero-order valence-corrected chi connectivity index (χ0v) is 13.5. The Labute approximate surface area is 137 Å². The SMILES string of the molecule is N[C@@H]1CCN(C(=O)C2CCCN(C(=O)Cc3ccccc3)C2)C1. The van der Waals surface area contributed by atoms with Gasteiger partial charge in [-0.05, 0) is 24.8 Å². The Kier molecular flexibility index (Phi) is 4.96. The molecule has 5 nitrogen and oxygen atoms in total. The third kappa shape index (κ3) is 3.91. The molecule has 2 saturated heterocycles. The Hall–Kier alpha value is -1.88. The maximum Gasteiger partial charge on any atom is 0.227 e. The van der Waals surface area contributed by atoms with Crippen molar-refractivity contribution in [2.75, 3.05) is 26.2 Å². The van der Waals surface area contributed by atoms with E-state index in [1.165, 1.54) is 0 Å². The molecule has 1 unspecified atom stereocenters. The molecule has 2 aliphatic heterocycles. The lowest BCUT2D eigenvalue weighted by molar-refractivity contribution is -0.139. The number of piperidine rings is 1. The van der Waals surface area contributed by atoms with E-state index < -0.39 is 0 Å². The second-order valence-corrected chi connectivity index (χ2v) is 6.67. The van der Waals surface area contributed by atoms with Gasteiger partial charge in [0.25, 0.3) is 0 Å². The monoisotopic (exact) mass is 315 g/mol. The summed E-state index contributed by atoms with van der Waals surface area (Å²) in [4.78, 5) is 28.8. The summed E-state index contributed by atoms with van der Waals surface area (Å²) in [5.74, 6) is 0.232. The summed E-state index contributed by atoms with van der Waals surface area (Å²) in [5.41, 5.74) is 6.92. The number of nitrogens with zero attached hydrogens (tertiary/aromatic N) is 2. The molecular weight excluding hydrogens is 290 g/mol. The lowest BCUT2D eigenvalue weighted by atomic mass is 9.96. The van der Waals surface area contributed by atoms with Gasteiger partial charge in [0.1, 0.15) is 0 Å². The summed E-state index contributed by atoms with van der Waals surface area (Å²) in [5, 5.41) is 0. The van der Waals surface area contributed by atoms with Crippen molar-refractivity contribution in [1.29, 1.82) is 0 Å². The van der Waals surface area contributed by atoms with E-state index in [1.807, 2.05) is 40.1 Å². The Bertz CT molecular complexity index is 561. The van der Waals surface area contributed by atoms with Crippen LogP contribution in [0.25, 0.3) is 0 Å². The van der Waals surface area contributed by atoms with Crippen LogP contribution in [0.2, 0.25) is 0 Å². The molecule has 5 heteroatoms. The normalized spacial score (nSPS) is 24.7. The van der Waals surface area contributed by atoms with Crippen LogP contribution in [0.5, 0.6) is 0 Å². The van der Waals surface area contributed by atoms with Gasteiger partial charge in [0.15, 0.2) is 0 Å². The standard InChI is InChI=1S/C18H25N3O2/c19-16-8-10-21(13-16)18(23)15-7-4-9-20(12-15)17(22)11-14-5-2-1-3-6-14/h1-3,5-6,15-16H,4,7-13,19H2/t15?,16-/m1/s1. The lowest BCUT2D eigenvalue weighted by Gasteiger charge is -2.34. The van der Waals surface area contributed by atoms with Crippen LogP contribution >= 0.6 is 0 Å². The number of hydrogen-bond acceptors (Lipinski definition) is 3. The fourth-order valence-electron chi connectivity index (χ4n) is 3.53. The van der Waals surface area contributed by atoms with E-state index in [9.17, 15) is 9.59 Å². The molecule has 0 spiro atoms. The molecule has 2 amide bonds. The van der Waals surface area contributed by atoms with Crippen molar-refractivity contribution in [3.63, 3.8) is 0 Å². The van der Waals surface area contributed by atoms with E-state index in [4.69, 9.17) is 5.73 Å². The molecule has 0 aliphatic carbocycles. The van der Waals surface area contributed by atoms with Gasteiger partial charge >= 0.3 is 0 Å². The van der Waals surface area contributed by atoms with Crippen molar-refractivity contribution in [3.8, 4) is 0 Å². The van der Waals surface area contributed by atoms with Gasteiger partial charge in [-0.3, -0.25) is 9.59 Å². The summed E-state index contributed by atoms with van der Waals surface area (Å²) in [6.07, 6.45) is 3.07. The number of carbonyl (C=O) groups is 2. The van der Waals surface area contributed by atoms with Crippen molar-refractivity contribution in [1.82, 2.24) is 9.80 Å². The van der Waals surface area contributed by atoms with Crippen LogP contribution in [0.1, 0.15) is 24.8 Å². The summed E-state index contributed by atoms with van der Waals surface area (Å²) >= 11 is 0. The first-order valence-corrected chi connectivity index (χ1v) is 8.49. The van der Waals surface area contributed by atoms with E-state index in [-0.39, 0.29) is 23.8 Å². The summed E-state index contributed by atoms with van der Waals surface area (Å²) in [6.45, 7) is 2.73. The highest BCUT2D eigenvalue weighted by atomic mass is 16.2. The highest BCUT2D eigenvalue weighted by Crippen LogP contribution is 2.21. The van der Waals surface area contributed by atoms with Gasteiger partial charge in [0.05, 0.1) is 12.3 Å². The van der Waals surface area contributed by atoms with Gasteiger partial charge in [-0.25, -0.2) is 0 Å². The highest BCUT2D eigenvalue weighted by molar-refractivity contribution is 5.82. The Balaban J connectivity index is 1.57. The molecule has 124 valence electrons. The van der Waals surface area contributed by atoms with Gasteiger partial charge in [0.2, 0.25) is 11.8 Å². The first-order valence-electron chi connectivity index (χ1n) is 8.49. The third-order valence-electron chi connectivity index (χ3n) is 4.86. The average molecular weight is 315 g/mol. The van der Waals surface area contributed by atoms with Gasteiger partial charge < -0.3 is 15.5 Å². The molecule has 23 heavy (non-hydrogen) atoms. The number of rotatable bonds is 3. The Morgan fingerprint density at radius 2 is 1.83 bits per heavy atom. The zero-order chi connectivity index (χ0) is 16.2. The lowest BCUT2D eigenvalue weighted by Crippen LogP contribution is -2.47. The van der Waals surface area contributed by atoms with E-state index in [2.05, 4.69) is 0 Å². The molecule has 0 saturated carbocycles. The fraction of sp³-hybridized carbons (Fsp3) is 0.556. The highest BCUT2D eigenvalue weighted by Gasteiger charge is 2.33. The number of nitrogens with two attached hydrogens (primary N) is 1. The molecule has 2 N–H and O–H groups in total. The predicted octanol–water partition coefficient (Wildman–Crippen LogP) is 1.03. The van der Waals surface area contributed by atoms with Crippen LogP contribution in [-0.2, 0) is 16.0 Å². The van der Waals surface area contributed by atoms with Gasteiger partial charge in [-0.15, -0.1) is 0 Å². The maximum atomic E-state index is 12.6. The number of benzene rings is 1. The van der Waals surface area contributed by atoms with Crippen LogP contribution in [0.3, 0.4) is 0 Å². The number of carbonyl (C=O) groups excluding carboxylic acids is 2. The minimum Gasteiger partial charge on any atom is -0.342 e. The van der Waals surface area contributed by atoms with Gasteiger partial charge in [-0.2, -0.15) is 0 Å². The number of amides is 2. The second kappa shape index (κ2) is 7.13. The van der Waals surface area contributed by atoms with Gasteiger partial charge in [0, 0.05) is 32.2 Å². The molecule has 0 aromatic heterocycles. The minimum absolute atomic E-state index is 0.0613. The smallest absolute Gasteiger partial charge is 0.227 e. The molecule has 1 aromatic rings. The molecule has 1 aromatic carbocycles. The quantitative estimate of drug-likeness (QED) is 0.906. The first kappa shape index (κ1) is 16.0.